The molecule has 0 amide bonds. The average Bonchev–Trinajstić information content (AvgIpc) is 3.18. The third-order valence-electron chi connectivity index (χ3n) is 5.97. The van der Waals surface area contributed by atoms with Crippen molar-refractivity contribution in [2.75, 3.05) is 12.4 Å². The molecule has 34 heavy (non-hydrogen) atoms. The number of carbonyl (C=O) groups is 1. The van der Waals surface area contributed by atoms with Gasteiger partial charge in [0.1, 0.15) is 11.4 Å². The molecule has 1 aromatic heterocycles. The predicted octanol–water partition coefficient (Wildman–Crippen LogP) is 5.90. The number of ether oxygens (including phenoxy) is 2. The number of hydrogen-bond donors (Lipinski definition) is 1. The summed E-state index contributed by atoms with van der Waals surface area (Å²) in [6.07, 6.45) is 4.85. The van der Waals surface area contributed by atoms with Crippen molar-refractivity contribution in [3.05, 3.63) is 48.2 Å². The van der Waals surface area contributed by atoms with Gasteiger partial charge in [-0.1, -0.05) is 12.5 Å². The molecule has 0 spiro atoms. The molecule has 1 heterocycles. The molecule has 0 unspecified atom stereocenters. The summed E-state index contributed by atoms with van der Waals surface area (Å²) in [5.41, 5.74) is 0.361. The molecule has 3 aromatic rings. The molecule has 0 aliphatic heterocycles. The number of carbonyl (C=O) groups excluding carboxylic acids is 1. The maximum atomic E-state index is 14.7. The Balaban J connectivity index is 1.52. The molecule has 6 nitrogen and oxygen atoms in total. The second kappa shape index (κ2) is 9.52. The van der Waals surface area contributed by atoms with E-state index >= 15 is 0 Å². The number of esters is 1. The quantitative estimate of drug-likeness (QED) is 0.454. The minimum absolute atomic E-state index is 0.0233. The summed E-state index contributed by atoms with van der Waals surface area (Å²) in [5, 5.41) is 4.02. The number of benzene rings is 2. The van der Waals surface area contributed by atoms with E-state index in [4.69, 9.17) is 9.47 Å². The summed E-state index contributed by atoms with van der Waals surface area (Å²) in [5.74, 6) is -1.04. The molecule has 1 fully saturated rings. The minimum atomic E-state index is -0.752. The zero-order chi connectivity index (χ0) is 24.5. The molecule has 1 N–H and O–H groups in total. The first-order valence-corrected chi connectivity index (χ1v) is 11.4. The Bertz CT molecular complexity index is 1210. The number of nitrogens with zero attached hydrogens (tertiary/aromatic N) is 2. The van der Waals surface area contributed by atoms with E-state index in [1.807, 2.05) is 20.8 Å². The van der Waals surface area contributed by atoms with E-state index in [1.165, 1.54) is 19.2 Å². The van der Waals surface area contributed by atoms with Crippen molar-refractivity contribution in [2.24, 2.45) is 5.92 Å². The molecular formula is C26H29F2N3O3. The molecule has 1 aliphatic rings. The molecule has 1 aliphatic carbocycles. The Morgan fingerprint density at radius 2 is 1.97 bits per heavy atom. The highest BCUT2D eigenvalue weighted by Gasteiger charge is 2.31. The molecule has 8 heteroatoms. The number of rotatable bonds is 6. The van der Waals surface area contributed by atoms with Crippen molar-refractivity contribution < 1.29 is 23.0 Å². The number of anilines is 1. The van der Waals surface area contributed by atoms with Crippen molar-refractivity contribution in [3.63, 3.8) is 0 Å². The van der Waals surface area contributed by atoms with E-state index in [-0.39, 0.29) is 29.2 Å². The van der Waals surface area contributed by atoms with Crippen LogP contribution in [0.2, 0.25) is 0 Å². The van der Waals surface area contributed by atoms with Crippen LogP contribution in [-0.2, 0) is 9.53 Å². The fourth-order valence-corrected chi connectivity index (χ4v) is 4.45. The zero-order valence-electron chi connectivity index (χ0n) is 19.8. The highest BCUT2D eigenvalue weighted by Crippen LogP contribution is 2.34. The van der Waals surface area contributed by atoms with Crippen LogP contribution >= 0.6 is 0 Å². The van der Waals surface area contributed by atoms with Crippen molar-refractivity contribution in [2.45, 2.75) is 58.1 Å². The molecule has 0 radical (unpaired) electrons. The number of hydrogen-bond acceptors (Lipinski definition) is 6. The summed E-state index contributed by atoms with van der Waals surface area (Å²) in [4.78, 5) is 21.3. The normalized spacial score (nSPS) is 18.2. The van der Waals surface area contributed by atoms with Crippen LogP contribution in [0, 0.1) is 17.6 Å². The lowest BCUT2D eigenvalue weighted by molar-refractivity contribution is -0.156. The largest absolute Gasteiger partial charge is 0.494 e. The molecule has 2 atom stereocenters. The number of nitrogens with one attached hydrogen (secondary N) is 1. The van der Waals surface area contributed by atoms with Crippen molar-refractivity contribution in [1.29, 1.82) is 0 Å². The van der Waals surface area contributed by atoms with Crippen molar-refractivity contribution in [1.82, 2.24) is 9.97 Å². The molecule has 180 valence electrons. The SMILES string of the molecule is COc1ccc(F)c(-c2ccc3nc(N[C@@H]4CCC[C@@H]4CC(=O)OC(C)(C)C)ncc3c2)c1F. The number of halogens is 2. The van der Waals surface area contributed by atoms with Crippen LogP contribution in [0.4, 0.5) is 14.7 Å². The lowest BCUT2D eigenvalue weighted by atomic mass is 9.99. The third-order valence-corrected chi connectivity index (χ3v) is 5.97. The topological polar surface area (TPSA) is 73.3 Å². The van der Waals surface area contributed by atoms with Crippen LogP contribution in [0.5, 0.6) is 5.75 Å². The highest BCUT2D eigenvalue weighted by atomic mass is 19.1. The average molecular weight is 470 g/mol. The van der Waals surface area contributed by atoms with E-state index in [0.717, 1.165) is 19.3 Å². The molecule has 1 saturated carbocycles. The maximum Gasteiger partial charge on any atom is 0.306 e. The fourth-order valence-electron chi connectivity index (χ4n) is 4.45. The van der Waals surface area contributed by atoms with Crippen molar-refractivity contribution in [3.8, 4) is 16.9 Å². The zero-order valence-corrected chi connectivity index (χ0v) is 19.8. The van der Waals surface area contributed by atoms with Gasteiger partial charge in [-0.05, 0) is 69.4 Å². The first-order chi connectivity index (χ1) is 16.1. The second-order valence-corrected chi connectivity index (χ2v) is 9.64. The lowest BCUT2D eigenvalue weighted by Crippen LogP contribution is -2.30. The van der Waals surface area contributed by atoms with Gasteiger partial charge in [0.15, 0.2) is 11.6 Å². The van der Waals surface area contributed by atoms with E-state index in [1.54, 1.807) is 24.4 Å². The molecule has 0 saturated heterocycles. The highest BCUT2D eigenvalue weighted by molar-refractivity contribution is 5.85. The van der Waals surface area contributed by atoms with Crippen LogP contribution in [0.15, 0.2) is 36.5 Å². The van der Waals surface area contributed by atoms with Crippen LogP contribution < -0.4 is 10.1 Å². The van der Waals surface area contributed by atoms with Crippen LogP contribution in [0.25, 0.3) is 22.0 Å². The Hall–Kier alpha value is -3.29. The first-order valence-electron chi connectivity index (χ1n) is 11.4. The monoisotopic (exact) mass is 469 g/mol. The Morgan fingerprint density at radius 1 is 1.18 bits per heavy atom. The Kier molecular flexibility index (Phi) is 6.68. The number of methoxy groups -OCH3 is 1. The Labute approximate surface area is 197 Å². The molecule has 4 rings (SSSR count). The third kappa shape index (κ3) is 5.26. The van der Waals surface area contributed by atoms with E-state index in [0.29, 0.717) is 28.8 Å². The maximum absolute atomic E-state index is 14.7. The Morgan fingerprint density at radius 3 is 2.71 bits per heavy atom. The van der Waals surface area contributed by atoms with Crippen LogP contribution in [0.3, 0.4) is 0 Å². The van der Waals surface area contributed by atoms with Gasteiger partial charge in [-0.25, -0.2) is 18.7 Å². The van der Waals surface area contributed by atoms with Gasteiger partial charge >= 0.3 is 5.97 Å². The minimum Gasteiger partial charge on any atom is -0.494 e. The molecular weight excluding hydrogens is 440 g/mol. The van der Waals surface area contributed by atoms with Gasteiger partial charge in [0.05, 0.1) is 24.6 Å². The second-order valence-electron chi connectivity index (χ2n) is 9.64. The number of aromatic nitrogens is 2. The van der Waals surface area contributed by atoms with E-state index in [2.05, 4.69) is 15.3 Å². The van der Waals surface area contributed by atoms with E-state index in [9.17, 15) is 13.6 Å². The van der Waals surface area contributed by atoms with Gasteiger partial charge in [0.2, 0.25) is 5.95 Å². The standard InChI is InChI=1S/C26H29F2N3O3/c1-26(2,3)34-22(32)13-15-6-5-7-19(15)30-25-29-14-17-12-16(8-10-20(17)31-25)23-18(27)9-11-21(33-4)24(23)28/h8-12,14-15,19H,5-7,13H2,1-4H3,(H,29,30,31)/t15-,19-/m1/s1. The summed E-state index contributed by atoms with van der Waals surface area (Å²) in [6.45, 7) is 5.59. The molecule has 0 bridgehead atoms. The summed E-state index contributed by atoms with van der Waals surface area (Å²) in [7, 11) is 1.34. The van der Waals surface area contributed by atoms with Gasteiger partial charge in [0.25, 0.3) is 0 Å². The summed E-state index contributed by atoms with van der Waals surface area (Å²) < 4.78 is 39.5. The van der Waals surface area contributed by atoms with Gasteiger partial charge in [-0.15, -0.1) is 0 Å². The summed E-state index contributed by atoms with van der Waals surface area (Å²) in [6, 6.07) is 7.50. The smallest absolute Gasteiger partial charge is 0.306 e. The molecule has 2 aromatic carbocycles. The van der Waals surface area contributed by atoms with Gasteiger partial charge < -0.3 is 14.8 Å². The fraction of sp³-hybridized carbons (Fsp3) is 0.423. The lowest BCUT2D eigenvalue weighted by Gasteiger charge is -2.24. The van der Waals surface area contributed by atoms with Gasteiger partial charge in [-0.2, -0.15) is 0 Å². The van der Waals surface area contributed by atoms with Crippen LogP contribution in [0.1, 0.15) is 46.5 Å². The first kappa shape index (κ1) is 23.9. The van der Waals surface area contributed by atoms with Gasteiger partial charge in [0, 0.05) is 17.6 Å². The van der Waals surface area contributed by atoms with E-state index < -0.39 is 17.2 Å². The predicted molar refractivity (Wildman–Crippen MR) is 127 cm³/mol. The van der Waals surface area contributed by atoms with Gasteiger partial charge in [-0.3, -0.25) is 4.79 Å². The van der Waals surface area contributed by atoms with Crippen molar-refractivity contribution >= 4 is 22.8 Å². The summed E-state index contributed by atoms with van der Waals surface area (Å²) >= 11 is 0. The number of fused-ring (bicyclic) bond motifs is 1. The van der Waals surface area contributed by atoms with Crippen LogP contribution in [-0.4, -0.2) is 34.7 Å².